The maximum atomic E-state index is 12.0. The fraction of sp³-hybridized carbons (Fsp3) is 0.211. The molecule has 1 heterocycles. The molecule has 2 aromatic carbocycles. The number of aromatic nitrogens is 3. The molecular weight excluding hydrogens is 348 g/mol. The maximum absolute atomic E-state index is 12.0. The number of hydrogen-bond donors (Lipinski definition) is 1. The molecule has 0 aliphatic rings. The first-order chi connectivity index (χ1) is 12.8. The number of rotatable bonds is 8. The molecule has 3 aromatic rings. The van der Waals surface area contributed by atoms with Gasteiger partial charge in [0.25, 0.3) is 0 Å². The first kappa shape index (κ1) is 18.0. The van der Waals surface area contributed by atoms with Crippen LogP contribution in [0.5, 0.6) is 5.75 Å². The summed E-state index contributed by atoms with van der Waals surface area (Å²) in [5, 5.41) is 7.87. The van der Waals surface area contributed by atoms with E-state index >= 15 is 0 Å². The van der Waals surface area contributed by atoms with E-state index in [-0.39, 0.29) is 11.7 Å². The van der Waals surface area contributed by atoms with Crippen LogP contribution in [0.25, 0.3) is 5.69 Å². The number of methoxy groups -OCH3 is 1. The highest BCUT2D eigenvalue weighted by molar-refractivity contribution is 7.99. The van der Waals surface area contributed by atoms with Gasteiger partial charge >= 0.3 is 0 Å². The van der Waals surface area contributed by atoms with Crippen LogP contribution in [0.1, 0.15) is 5.56 Å². The molecule has 0 aliphatic carbocycles. The lowest BCUT2D eigenvalue weighted by molar-refractivity contribution is -0.118. The monoisotopic (exact) mass is 368 g/mol. The van der Waals surface area contributed by atoms with Gasteiger partial charge in [0.1, 0.15) is 12.1 Å². The Morgan fingerprint density at radius 1 is 1.15 bits per heavy atom. The maximum Gasteiger partial charge on any atom is 0.230 e. The number of para-hydroxylation sites is 2. The van der Waals surface area contributed by atoms with Crippen LogP contribution >= 0.6 is 11.8 Å². The van der Waals surface area contributed by atoms with E-state index in [9.17, 15) is 4.79 Å². The molecule has 0 fully saturated rings. The van der Waals surface area contributed by atoms with Crippen LogP contribution in [0.4, 0.5) is 0 Å². The molecule has 134 valence electrons. The van der Waals surface area contributed by atoms with Crippen molar-refractivity contribution in [3.63, 3.8) is 0 Å². The second-order valence-electron chi connectivity index (χ2n) is 5.51. The van der Waals surface area contributed by atoms with Crippen molar-refractivity contribution >= 4 is 17.7 Å². The zero-order valence-corrected chi connectivity index (χ0v) is 15.3. The lowest BCUT2D eigenvalue weighted by Crippen LogP contribution is -2.27. The van der Waals surface area contributed by atoms with E-state index in [1.165, 1.54) is 11.8 Å². The van der Waals surface area contributed by atoms with E-state index in [2.05, 4.69) is 15.4 Å². The normalized spacial score (nSPS) is 10.5. The van der Waals surface area contributed by atoms with Gasteiger partial charge < -0.3 is 10.1 Å². The third-order valence-corrected chi connectivity index (χ3v) is 4.58. The number of ether oxygens (including phenoxy) is 1. The summed E-state index contributed by atoms with van der Waals surface area (Å²) in [5.74, 6) is 1.08. The predicted molar refractivity (Wildman–Crippen MR) is 102 cm³/mol. The number of carbonyl (C=O) groups excluding carboxylic acids is 1. The quantitative estimate of drug-likeness (QED) is 0.619. The summed E-state index contributed by atoms with van der Waals surface area (Å²) in [7, 11) is 1.65. The SMILES string of the molecule is COc1ccccc1CCNC(=O)CSc1ncn(-c2ccccc2)n1. The summed E-state index contributed by atoms with van der Waals surface area (Å²) in [6, 6.07) is 17.6. The van der Waals surface area contributed by atoms with Crippen LogP contribution in [-0.2, 0) is 11.2 Å². The summed E-state index contributed by atoms with van der Waals surface area (Å²) in [6.45, 7) is 0.561. The highest BCUT2D eigenvalue weighted by Crippen LogP contribution is 2.17. The van der Waals surface area contributed by atoms with Gasteiger partial charge in [0, 0.05) is 6.54 Å². The lowest BCUT2D eigenvalue weighted by Gasteiger charge is -2.08. The molecule has 0 aliphatic heterocycles. The van der Waals surface area contributed by atoms with Crippen molar-refractivity contribution in [2.75, 3.05) is 19.4 Å². The average molecular weight is 368 g/mol. The highest BCUT2D eigenvalue weighted by Gasteiger charge is 2.08. The zero-order valence-electron chi connectivity index (χ0n) is 14.5. The van der Waals surface area contributed by atoms with Crippen LogP contribution < -0.4 is 10.1 Å². The molecule has 0 saturated heterocycles. The minimum absolute atomic E-state index is 0.0408. The third-order valence-electron chi connectivity index (χ3n) is 3.73. The van der Waals surface area contributed by atoms with Crippen molar-refractivity contribution in [1.29, 1.82) is 0 Å². The van der Waals surface area contributed by atoms with E-state index < -0.39 is 0 Å². The van der Waals surface area contributed by atoms with E-state index in [4.69, 9.17) is 4.74 Å². The minimum atomic E-state index is -0.0408. The molecule has 0 radical (unpaired) electrons. The number of nitrogens with zero attached hydrogens (tertiary/aromatic N) is 3. The van der Waals surface area contributed by atoms with Gasteiger partial charge in [-0.3, -0.25) is 4.79 Å². The van der Waals surface area contributed by atoms with Crippen LogP contribution in [0, 0.1) is 0 Å². The molecule has 26 heavy (non-hydrogen) atoms. The van der Waals surface area contributed by atoms with Crippen LogP contribution in [-0.4, -0.2) is 40.1 Å². The largest absolute Gasteiger partial charge is 0.496 e. The molecule has 0 bridgehead atoms. The molecule has 1 aromatic heterocycles. The summed E-state index contributed by atoms with van der Waals surface area (Å²) < 4.78 is 7.01. The number of hydrogen-bond acceptors (Lipinski definition) is 5. The molecule has 1 amide bonds. The van der Waals surface area contributed by atoms with Gasteiger partial charge in [-0.2, -0.15) is 0 Å². The first-order valence-corrected chi connectivity index (χ1v) is 9.23. The van der Waals surface area contributed by atoms with Gasteiger partial charge in [-0.25, -0.2) is 9.67 Å². The number of nitrogens with one attached hydrogen (secondary N) is 1. The summed E-state index contributed by atoms with van der Waals surface area (Å²) >= 11 is 1.32. The summed E-state index contributed by atoms with van der Waals surface area (Å²) in [5.41, 5.74) is 2.01. The van der Waals surface area contributed by atoms with E-state index in [1.54, 1.807) is 18.1 Å². The molecular formula is C19H20N4O2S. The Labute approximate surface area is 156 Å². The van der Waals surface area contributed by atoms with Crippen molar-refractivity contribution in [2.45, 2.75) is 11.6 Å². The van der Waals surface area contributed by atoms with E-state index in [0.29, 0.717) is 11.7 Å². The molecule has 3 rings (SSSR count). The Morgan fingerprint density at radius 3 is 2.73 bits per heavy atom. The summed E-state index contributed by atoms with van der Waals surface area (Å²) in [6.07, 6.45) is 2.37. The number of amides is 1. The Kier molecular flexibility index (Phi) is 6.27. The summed E-state index contributed by atoms with van der Waals surface area (Å²) in [4.78, 5) is 16.2. The number of carbonyl (C=O) groups is 1. The fourth-order valence-corrected chi connectivity index (χ4v) is 3.08. The van der Waals surface area contributed by atoms with Crippen LogP contribution in [0.3, 0.4) is 0 Å². The predicted octanol–water partition coefficient (Wildman–Crippen LogP) is 2.73. The first-order valence-electron chi connectivity index (χ1n) is 8.25. The van der Waals surface area contributed by atoms with Crippen molar-refractivity contribution < 1.29 is 9.53 Å². The number of thioether (sulfide) groups is 1. The molecule has 7 heteroatoms. The topological polar surface area (TPSA) is 69.0 Å². The third kappa shape index (κ3) is 4.86. The van der Waals surface area contributed by atoms with Gasteiger partial charge in [-0.05, 0) is 30.2 Å². The molecule has 0 saturated carbocycles. The second-order valence-corrected chi connectivity index (χ2v) is 6.45. The molecule has 6 nitrogen and oxygen atoms in total. The van der Waals surface area contributed by atoms with Gasteiger partial charge in [-0.15, -0.1) is 5.10 Å². The smallest absolute Gasteiger partial charge is 0.230 e. The van der Waals surface area contributed by atoms with Crippen LogP contribution in [0.15, 0.2) is 66.1 Å². The molecule has 1 N–H and O–H groups in total. The number of benzene rings is 2. The Morgan fingerprint density at radius 2 is 1.92 bits per heavy atom. The second kappa shape index (κ2) is 9.05. The molecule has 0 unspecified atom stereocenters. The van der Waals surface area contributed by atoms with E-state index in [1.807, 2.05) is 54.6 Å². The van der Waals surface area contributed by atoms with Gasteiger partial charge in [0.05, 0.1) is 18.6 Å². The Balaban J connectivity index is 1.44. The van der Waals surface area contributed by atoms with Crippen molar-refractivity contribution in [2.24, 2.45) is 0 Å². The van der Waals surface area contributed by atoms with Crippen LogP contribution in [0.2, 0.25) is 0 Å². The molecule has 0 atom stereocenters. The van der Waals surface area contributed by atoms with Gasteiger partial charge in [0.15, 0.2) is 0 Å². The minimum Gasteiger partial charge on any atom is -0.496 e. The standard InChI is InChI=1S/C19H20N4O2S/c1-25-17-10-6-5-7-15(17)11-12-20-18(24)13-26-19-21-14-23(22-19)16-8-3-2-4-9-16/h2-10,14H,11-13H2,1H3,(H,20,24). The van der Waals surface area contributed by atoms with Gasteiger partial charge in [-0.1, -0.05) is 48.2 Å². The highest BCUT2D eigenvalue weighted by atomic mass is 32.2. The van der Waals surface area contributed by atoms with Crippen molar-refractivity contribution in [3.05, 3.63) is 66.5 Å². The fourth-order valence-electron chi connectivity index (χ4n) is 2.45. The zero-order chi connectivity index (χ0) is 18.2. The molecule has 0 spiro atoms. The Hall–Kier alpha value is -2.80. The average Bonchev–Trinajstić information content (AvgIpc) is 3.16. The Bertz CT molecular complexity index is 852. The lowest BCUT2D eigenvalue weighted by atomic mass is 10.1. The van der Waals surface area contributed by atoms with Gasteiger partial charge in [0.2, 0.25) is 11.1 Å². The van der Waals surface area contributed by atoms with E-state index in [0.717, 1.165) is 23.4 Å². The van der Waals surface area contributed by atoms with Crippen molar-refractivity contribution in [1.82, 2.24) is 20.1 Å². The van der Waals surface area contributed by atoms with Crippen molar-refractivity contribution in [3.8, 4) is 11.4 Å².